The van der Waals surface area contributed by atoms with E-state index in [1.165, 1.54) is 6.07 Å². The van der Waals surface area contributed by atoms with E-state index in [1.807, 2.05) is 14.0 Å². The molecule has 0 aliphatic heterocycles. The van der Waals surface area contributed by atoms with Crippen molar-refractivity contribution in [1.82, 2.24) is 15.5 Å². The second kappa shape index (κ2) is 5.22. The number of benzene rings is 1. The minimum atomic E-state index is -0.934. The SMILES string of the molecule is CNC(C)Cc1noc(-c2ccc(F)c(F)c2)n1. The molecule has 4 nitrogen and oxygen atoms in total. The Kier molecular flexibility index (Phi) is 3.66. The number of hydrogen-bond acceptors (Lipinski definition) is 4. The van der Waals surface area contributed by atoms with Crippen molar-refractivity contribution in [2.24, 2.45) is 0 Å². The molecule has 1 heterocycles. The topological polar surface area (TPSA) is 51.0 Å². The second-order valence-electron chi connectivity index (χ2n) is 4.04. The van der Waals surface area contributed by atoms with Gasteiger partial charge in [-0.2, -0.15) is 4.98 Å². The van der Waals surface area contributed by atoms with Crippen molar-refractivity contribution in [3.05, 3.63) is 35.7 Å². The number of halogens is 2. The molecule has 96 valence electrons. The maximum Gasteiger partial charge on any atom is 0.258 e. The molecule has 0 amide bonds. The molecule has 0 radical (unpaired) electrons. The molecular formula is C12H13F2N3O. The van der Waals surface area contributed by atoms with E-state index >= 15 is 0 Å². The molecule has 0 bridgehead atoms. The zero-order valence-corrected chi connectivity index (χ0v) is 10.1. The summed E-state index contributed by atoms with van der Waals surface area (Å²) in [6.07, 6.45) is 0.601. The first-order valence-electron chi connectivity index (χ1n) is 5.55. The highest BCUT2D eigenvalue weighted by Crippen LogP contribution is 2.19. The number of nitrogens with zero attached hydrogens (tertiary/aromatic N) is 2. The van der Waals surface area contributed by atoms with E-state index in [0.29, 0.717) is 17.8 Å². The van der Waals surface area contributed by atoms with Crippen molar-refractivity contribution < 1.29 is 13.3 Å². The Balaban J connectivity index is 2.21. The zero-order valence-electron chi connectivity index (χ0n) is 10.1. The number of nitrogens with one attached hydrogen (secondary N) is 1. The molecule has 1 aromatic carbocycles. The van der Waals surface area contributed by atoms with Gasteiger partial charge in [0.1, 0.15) is 0 Å². The predicted molar refractivity (Wildman–Crippen MR) is 61.9 cm³/mol. The van der Waals surface area contributed by atoms with Crippen LogP contribution in [0.4, 0.5) is 8.78 Å². The first kappa shape index (κ1) is 12.6. The molecule has 0 spiro atoms. The van der Waals surface area contributed by atoms with Crippen molar-refractivity contribution >= 4 is 0 Å². The fraction of sp³-hybridized carbons (Fsp3) is 0.333. The van der Waals surface area contributed by atoms with Crippen LogP contribution in [0, 0.1) is 11.6 Å². The lowest BCUT2D eigenvalue weighted by Gasteiger charge is -2.04. The van der Waals surface area contributed by atoms with Crippen molar-refractivity contribution in [3.8, 4) is 11.5 Å². The standard InChI is InChI=1S/C12H13F2N3O/c1-7(15-2)5-11-16-12(18-17-11)8-3-4-9(13)10(14)6-8/h3-4,6-7,15H,5H2,1-2H3. The van der Waals surface area contributed by atoms with Gasteiger partial charge in [0.25, 0.3) is 5.89 Å². The van der Waals surface area contributed by atoms with Gasteiger partial charge in [0.05, 0.1) is 0 Å². The van der Waals surface area contributed by atoms with Gasteiger partial charge in [0.2, 0.25) is 0 Å². The minimum Gasteiger partial charge on any atom is -0.334 e. The molecule has 1 atom stereocenters. The van der Waals surface area contributed by atoms with Gasteiger partial charge in [-0.15, -0.1) is 0 Å². The Labute approximate surface area is 103 Å². The third kappa shape index (κ3) is 2.70. The van der Waals surface area contributed by atoms with Crippen LogP contribution in [0.25, 0.3) is 11.5 Å². The van der Waals surface area contributed by atoms with E-state index < -0.39 is 11.6 Å². The van der Waals surface area contributed by atoms with Crippen LogP contribution in [0.15, 0.2) is 22.7 Å². The van der Waals surface area contributed by atoms with Gasteiger partial charge in [0, 0.05) is 18.0 Å². The number of likely N-dealkylation sites (N-methyl/N-ethyl adjacent to an activating group) is 1. The molecular weight excluding hydrogens is 240 g/mol. The summed E-state index contributed by atoms with van der Waals surface area (Å²) in [4.78, 5) is 4.13. The quantitative estimate of drug-likeness (QED) is 0.907. The summed E-state index contributed by atoms with van der Waals surface area (Å²) < 4.78 is 30.9. The van der Waals surface area contributed by atoms with Crippen molar-refractivity contribution in [2.75, 3.05) is 7.05 Å². The number of hydrogen-bond donors (Lipinski definition) is 1. The van der Waals surface area contributed by atoms with Gasteiger partial charge < -0.3 is 9.84 Å². The maximum absolute atomic E-state index is 13.1. The molecule has 0 saturated carbocycles. The first-order chi connectivity index (χ1) is 8.60. The van der Waals surface area contributed by atoms with Crippen LogP contribution in [0.1, 0.15) is 12.7 Å². The lowest BCUT2D eigenvalue weighted by molar-refractivity contribution is 0.417. The molecule has 1 aromatic heterocycles. The monoisotopic (exact) mass is 253 g/mol. The third-order valence-corrected chi connectivity index (χ3v) is 2.62. The van der Waals surface area contributed by atoms with Gasteiger partial charge in [-0.05, 0) is 32.2 Å². The molecule has 6 heteroatoms. The second-order valence-corrected chi connectivity index (χ2v) is 4.04. The Morgan fingerprint density at radius 1 is 1.33 bits per heavy atom. The fourth-order valence-corrected chi connectivity index (χ4v) is 1.46. The Hall–Kier alpha value is -1.82. The fourth-order valence-electron chi connectivity index (χ4n) is 1.46. The Bertz CT molecular complexity index is 542. The van der Waals surface area contributed by atoms with Gasteiger partial charge >= 0.3 is 0 Å². The van der Waals surface area contributed by atoms with E-state index in [-0.39, 0.29) is 11.9 Å². The Morgan fingerprint density at radius 3 is 2.78 bits per heavy atom. The Morgan fingerprint density at radius 2 is 2.11 bits per heavy atom. The van der Waals surface area contributed by atoms with Crippen LogP contribution in [0.3, 0.4) is 0 Å². The summed E-state index contributed by atoms with van der Waals surface area (Å²) in [5, 5.41) is 6.84. The third-order valence-electron chi connectivity index (χ3n) is 2.62. The van der Waals surface area contributed by atoms with Crippen molar-refractivity contribution in [3.63, 3.8) is 0 Å². The number of rotatable bonds is 4. The summed E-state index contributed by atoms with van der Waals surface area (Å²) in [6.45, 7) is 1.98. The number of aromatic nitrogens is 2. The van der Waals surface area contributed by atoms with Crippen molar-refractivity contribution in [1.29, 1.82) is 0 Å². The normalized spacial score (nSPS) is 12.7. The van der Waals surface area contributed by atoms with Crippen LogP contribution < -0.4 is 5.32 Å². The largest absolute Gasteiger partial charge is 0.334 e. The predicted octanol–water partition coefficient (Wildman–Crippen LogP) is 2.17. The smallest absolute Gasteiger partial charge is 0.258 e. The minimum absolute atomic E-state index is 0.187. The highest BCUT2D eigenvalue weighted by Gasteiger charge is 2.12. The van der Waals surface area contributed by atoms with Crippen LogP contribution in [-0.4, -0.2) is 23.2 Å². The molecule has 0 aliphatic rings. The lowest BCUT2D eigenvalue weighted by Crippen LogP contribution is -2.24. The molecule has 18 heavy (non-hydrogen) atoms. The van der Waals surface area contributed by atoms with Gasteiger partial charge in [-0.3, -0.25) is 0 Å². The van der Waals surface area contributed by atoms with Crippen molar-refractivity contribution in [2.45, 2.75) is 19.4 Å². The van der Waals surface area contributed by atoms with Gasteiger partial charge in [-0.25, -0.2) is 8.78 Å². The zero-order chi connectivity index (χ0) is 13.1. The first-order valence-corrected chi connectivity index (χ1v) is 5.55. The van der Waals surface area contributed by atoms with E-state index in [9.17, 15) is 8.78 Å². The molecule has 2 rings (SSSR count). The van der Waals surface area contributed by atoms with Gasteiger partial charge in [0.15, 0.2) is 17.5 Å². The summed E-state index contributed by atoms with van der Waals surface area (Å²) >= 11 is 0. The van der Waals surface area contributed by atoms with Crippen LogP contribution in [0.5, 0.6) is 0 Å². The summed E-state index contributed by atoms with van der Waals surface area (Å²) in [7, 11) is 1.83. The van der Waals surface area contributed by atoms with Crippen LogP contribution in [0.2, 0.25) is 0 Å². The van der Waals surface area contributed by atoms with E-state index in [0.717, 1.165) is 12.1 Å². The molecule has 1 unspecified atom stereocenters. The summed E-state index contributed by atoms with van der Waals surface area (Å²) in [5.74, 6) is -1.12. The van der Waals surface area contributed by atoms with Crippen LogP contribution >= 0.6 is 0 Å². The molecule has 0 fully saturated rings. The average molecular weight is 253 g/mol. The lowest BCUT2D eigenvalue weighted by atomic mass is 10.2. The van der Waals surface area contributed by atoms with Crippen LogP contribution in [-0.2, 0) is 6.42 Å². The molecule has 2 aromatic rings. The van der Waals surface area contributed by atoms with E-state index in [2.05, 4.69) is 15.5 Å². The highest BCUT2D eigenvalue weighted by molar-refractivity contribution is 5.52. The van der Waals surface area contributed by atoms with Gasteiger partial charge in [-0.1, -0.05) is 5.16 Å². The molecule has 1 N–H and O–H groups in total. The summed E-state index contributed by atoms with van der Waals surface area (Å²) in [6, 6.07) is 3.68. The molecule has 0 aliphatic carbocycles. The average Bonchev–Trinajstić information content (AvgIpc) is 2.81. The highest BCUT2D eigenvalue weighted by atomic mass is 19.2. The molecule has 0 saturated heterocycles. The van der Waals surface area contributed by atoms with E-state index in [4.69, 9.17) is 4.52 Å². The maximum atomic E-state index is 13.1. The summed E-state index contributed by atoms with van der Waals surface area (Å²) in [5.41, 5.74) is 0.366. The van der Waals surface area contributed by atoms with E-state index in [1.54, 1.807) is 0 Å².